The van der Waals surface area contributed by atoms with E-state index >= 15 is 0 Å². The Balaban J connectivity index is 1.46. The maximum Gasteiger partial charge on any atom is 0.0546 e. The smallest absolute Gasteiger partial charge is 0.0546 e. The van der Waals surface area contributed by atoms with Crippen molar-refractivity contribution in [3.63, 3.8) is 0 Å². The molecule has 2 aliphatic carbocycles. The zero-order valence-corrected chi connectivity index (χ0v) is 7.63. The van der Waals surface area contributed by atoms with Gasteiger partial charge in [0.05, 0.1) is 6.10 Å². The Morgan fingerprint density at radius 3 is 2.25 bits per heavy atom. The molecule has 0 heterocycles. The first-order chi connectivity index (χ1) is 5.84. The molecule has 0 aromatic carbocycles. The molecule has 0 unspecified atom stereocenters. The molecule has 0 bridgehead atoms. The minimum Gasteiger partial charge on any atom is -0.393 e. The molecule has 0 aliphatic heterocycles. The van der Waals surface area contributed by atoms with Crippen LogP contribution in [0.1, 0.15) is 32.1 Å². The van der Waals surface area contributed by atoms with Crippen molar-refractivity contribution in [2.75, 3.05) is 13.1 Å². The number of aliphatic hydroxyl groups excluding tert-OH is 1. The molecule has 0 atom stereocenters. The van der Waals surface area contributed by atoms with Crippen molar-refractivity contribution < 1.29 is 5.11 Å². The molecule has 2 N–H and O–H groups in total. The van der Waals surface area contributed by atoms with Gasteiger partial charge >= 0.3 is 0 Å². The summed E-state index contributed by atoms with van der Waals surface area (Å²) in [5.41, 5.74) is 0. The van der Waals surface area contributed by atoms with Crippen LogP contribution in [-0.2, 0) is 0 Å². The van der Waals surface area contributed by atoms with Crippen LogP contribution in [0, 0.1) is 11.8 Å². The van der Waals surface area contributed by atoms with Gasteiger partial charge in [-0.1, -0.05) is 6.42 Å². The second-order valence-corrected chi connectivity index (χ2v) is 4.45. The topological polar surface area (TPSA) is 32.3 Å². The number of rotatable bonds is 4. The Bertz CT molecular complexity index is 139. The van der Waals surface area contributed by atoms with E-state index in [-0.39, 0.29) is 6.10 Å². The number of aliphatic hydroxyl groups is 1. The summed E-state index contributed by atoms with van der Waals surface area (Å²) >= 11 is 0. The molecule has 2 aliphatic rings. The van der Waals surface area contributed by atoms with Crippen molar-refractivity contribution in [2.45, 2.75) is 38.2 Å². The van der Waals surface area contributed by atoms with Crippen LogP contribution in [0.5, 0.6) is 0 Å². The van der Waals surface area contributed by atoms with E-state index in [0.717, 1.165) is 31.2 Å². The second-order valence-electron chi connectivity index (χ2n) is 4.45. The zero-order valence-electron chi connectivity index (χ0n) is 7.63. The van der Waals surface area contributed by atoms with Crippen LogP contribution in [0.4, 0.5) is 0 Å². The zero-order chi connectivity index (χ0) is 8.39. The maximum atomic E-state index is 9.06. The number of hydrogen-bond donors (Lipinski definition) is 2. The quantitative estimate of drug-likeness (QED) is 0.661. The normalized spacial score (nSPS) is 35.8. The average Bonchev–Trinajstić information content (AvgIpc) is 1.90. The van der Waals surface area contributed by atoms with Crippen molar-refractivity contribution in [1.29, 1.82) is 0 Å². The summed E-state index contributed by atoms with van der Waals surface area (Å²) in [5, 5.41) is 12.6. The van der Waals surface area contributed by atoms with E-state index in [4.69, 9.17) is 5.11 Å². The van der Waals surface area contributed by atoms with Gasteiger partial charge < -0.3 is 10.4 Å². The first-order valence-corrected chi connectivity index (χ1v) is 5.23. The van der Waals surface area contributed by atoms with Crippen LogP contribution in [0.3, 0.4) is 0 Å². The summed E-state index contributed by atoms with van der Waals surface area (Å²) in [6.45, 7) is 2.35. The summed E-state index contributed by atoms with van der Waals surface area (Å²) in [4.78, 5) is 0. The van der Waals surface area contributed by atoms with Crippen molar-refractivity contribution >= 4 is 0 Å². The Morgan fingerprint density at radius 1 is 1.08 bits per heavy atom. The van der Waals surface area contributed by atoms with E-state index in [9.17, 15) is 0 Å². The molecule has 0 spiro atoms. The molecule has 2 rings (SSSR count). The molecule has 0 radical (unpaired) electrons. The van der Waals surface area contributed by atoms with Gasteiger partial charge in [0.2, 0.25) is 0 Å². The highest BCUT2D eigenvalue weighted by Crippen LogP contribution is 2.27. The van der Waals surface area contributed by atoms with Gasteiger partial charge in [-0.25, -0.2) is 0 Å². The van der Waals surface area contributed by atoms with Crippen molar-refractivity contribution in [1.82, 2.24) is 5.32 Å². The SMILES string of the molecule is OC1CC(CNCC2CCC2)C1. The van der Waals surface area contributed by atoms with Crippen LogP contribution in [0.2, 0.25) is 0 Å². The maximum absolute atomic E-state index is 9.06. The molecule has 2 nitrogen and oxygen atoms in total. The van der Waals surface area contributed by atoms with Crippen molar-refractivity contribution in [2.24, 2.45) is 11.8 Å². The Morgan fingerprint density at radius 2 is 1.75 bits per heavy atom. The lowest BCUT2D eigenvalue weighted by atomic mass is 9.82. The molecule has 2 fully saturated rings. The minimum atomic E-state index is 0.0144. The summed E-state index contributed by atoms with van der Waals surface area (Å²) in [7, 11) is 0. The van der Waals surface area contributed by atoms with Crippen LogP contribution in [0.25, 0.3) is 0 Å². The summed E-state index contributed by atoms with van der Waals surface area (Å²) < 4.78 is 0. The Kier molecular flexibility index (Phi) is 2.66. The van der Waals surface area contributed by atoms with Crippen LogP contribution < -0.4 is 5.32 Å². The molecule has 12 heavy (non-hydrogen) atoms. The van der Waals surface area contributed by atoms with Crippen LogP contribution in [0.15, 0.2) is 0 Å². The van der Waals surface area contributed by atoms with Gasteiger partial charge in [0.15, 0.2) is 0 Å². The molecule has 0 saturated heterocycles. The molecule has 0 aromatic rings. The Hall–Kier alpha value is -0.0800. The predicted octanol–water partition coefficient (Wildman–Crippen LogP) is 1.15. The van der Waals surface area contributed by atoms with Crippen molar-refractivity contribution in [3.8, 4) is 0 Å². The van der Waals surface area contributed by atoms with E-state index in [1.165, 1.54) is 25.8 Å². The molecule has 0 aromatic heterocycles. The third kappa shape index (κ3) is 1.99. The highest BCUT2D eigenvalue weighted by Gasteiger charge is 2.26. The fraction of sp³-hybridized carbons (Fsp3) is 1.00. The van der Waals surface area contributed by atoms with Crippen LogP contribution >= 0.6 is 0 Å². The highest BCUT2D eigenvalue weighted by molar-refractivity contribution is 4.81. The average molecular weight is 169 g/mol. The third-order valence-electron chi connectivity index (χ3n) is 3.30. The first kappa shape index (κ1) is 8.52. The Labute approximate surface area is 74.4 Å². The number of hydrogen-bond acceptors (Lipinski definition) is 2. The molecular formula is C10H19NO. The van der Waals surface area contributed by atoms with E-state index in [1.54, 1.807) is 0 Å². The highest BCUT2D eigenvalue weighted by atomic mass is 16.3. The summed E-state index contributed by atoms with van der Waals surface area (Å²) in [6, 6.07) is 0. The minimum absolute atomic E-state index is 0.0144. The lowest BCUT2D eigenvalue weighted by Crippen LogP contribution is -2.38. The van der Waals surface area contributed by atoms with E-state index in [0.29, 0.717) is 0 Å². The second kappa shape index (κ2) is 3.75. The molecular weight excluding hydrogens is 150 g/mol. The first-order valence-electron chi connectivity index (χ1n) is 5.23. The lowest BCUT2D eigenvalue weighted by molar-refractivity contribution is 0.0423. The predicted molar refractivity (Wildman–Crippen MR) is 48.9 cm³/mol. The summed E-state index contributed by atoms with van der Waals surface area (Å²) in [5.74, 6) is 1.73. The largest absolute Gasteiger partial charge is 0.393 e. The molecule has 0 amide bonds. The molecule has 2 saturated carbocycles. The van der Waals surface area contributed by atoms with Gasteiger partial charge in [0.1, 0.15) is 0 Å². The molecule has 2 heteroatoms. The van der Waals surface area contributed by atoms with Gasteiger partial charge in [-0.15, -0.1) is 0 Å². The fourth-order valence-corrected chi connectivity index (χ4v) is 2.06. The number of nitrogens with one attached hydrogen (secondary N) is 1. The van der Waals surface area contributed by atoms with E-state index < -0.39 is 0 Å². The van der Waals surface area contributed by atoms with Gasteiger partial charge in [-0.05, 0) is 50.6 Å². The van der Waals surface area contributed by atoms with E-state index in [1.807, 2.05) is 0 Å². The monoisotopic (exact) mass is 169 g/mol. The van der Waals surface area contributed by atoms with Gasteiger partial charge in [-0.2, -0.15) is 0 Å². The summed E-state index contributed by atoms with van der Waals surface area (Å²) in [6.07, 6.45) is 6.37. The third-order valence-corrected chi connectivity index (χ3v) is 3.30. The van der Waals surface area contributed by atoms with Gasteiger partial charge in [-0.3, -0.25) is 0 Å². The van der Waals surface area contributed by atoms with Gasteiger partial charge in [0.25, 0.3) is 0 Å². The lowest BCUT2D eigenvalue weighted by Gasteiger charge is -2.33. The fourth-order valence-electron chi connectivity index (χ4n) is 2.06. The molecule has 70 valence electrons. The van der Waals surface area contributed by atoms with Crippen molar-refractivity contribution in [3.05, 3.63) is 0 Å². The standard InChI is InChI=1S/C10H19NO/c12-10-4-9(5-10)7-11-6-8-2-1-3-8/h8-12H,1-7H2. The van der Waals surface area contributed by atoms with Crippen LogP contribution in [-0.4, -0.2) is 24.3 Å². The van der Waals surface area contributed by atoms with E-state index in [2.05, 4.69) is 5.32 Å². The van der Waals surface area contributed by atoms with Gasteiger partial charge in [0, 0.05) is 0 Å².